The van der Waals surface area contributed by atoms with E-state index in [1.54, 1.807) is 13.8 Å². The molecule has 0 aromatic heterocycles. The van der Waals surface area contributed by atoms with Crippen molar-refractivity contribution < 1.29 is 9.59 Å². The topological polar surface area (TPSA) is 52.7 Å². The SMILES string of the molecule is CC(C)(C(=O)NCc1ccccc1)C(=O)N1CCN(c2ccccc2)CC1. The summed E-state index contributed by atoms with van der Waals surface area (Å²) in [6.45, 7) is 6.65. The summed E-state index contributed by atoms with van der Waals surface area (Å²) in [7, 11) is 0. The van der Waals surface area contributed by atoms with E-state index in [1.807, 2.05) is 53.4 Å². The average Bonchev–Trinajstić information content (AvgIpc) is 2.73. The largest absolute Gasteiger partial charge is 0.368 e. The van der Waals surface area contributed by atoms with E-state index in [2.05, 4.69) is 22.3 Å². The lowest BCUT2D eigenvalue weighted by Gasteiger charge is -2.39. The first-order chi connectivity index (χ1) is 13.0. The summed E-state index contributed by atoms with van der Waals surface area (Å²) in [6.07, 6.45) is 0. The maximum Gasteiger partial charge on any atom is 0.237 e. The standard InChI is InChI=1S/C22H27N3O2/c1-22(2,20(26)23-17-18-9-5-3-6-10-18)21(27)25-15-13-24(14-16-25)19-11-7-4-8-12-19/h3-12H,13-17H2,1-2H3,(H,23,26). The first kappa shape index (κ1) is 19.0. The zero-order valence-electron chi connectivity index (χ0n) is 16.0. The average molecular weight is 365 g/mol. The number of carbonyl (C=O) groups is 2. The molecule has 1 aliphatic rings. The van der Waals surface area contributed by atoms with Crippen molar-refractivity contribution in [1.82, 2.24) is 10.2 Å². The summed E-state index contributed by atoms with van der Waals surface area (Å²) < 4.78 is 0. The highest BCUT2D eigenvalue weighted by molar-refractivity contribution is 6.04. The van der Waals surface area contributed by atoms with Crippen LogP contribution in [0.4, 0.5) is 5.69 Å². The quantitative estimate of drug-likeness (QED) is 0.829. The second-order valence-corrected chi connectivity index (χ2v) is 7.41. The Hall–Kier alpha value is -2.82. The molecule has 3 rings (SSSR count). The lowest BCUT2D eigenvalue weighted by atomic mass is 9.89. The predicted octanol–water partition coefficient (Wildman–Crippen LogP) is 2.68. The van der Waals surface area contributed by atoms with Gasteiger partial charge in [0.1, 0.15) is 5.41 Å². The minimum Gasteiger partial charge on any atom is -0.368 e. The van der Waals surface area contributed by atoms with Crippen LogP contribution >= 0.6 is 0 Å². The lowest BCUT2D eigenvalue weighted by molar-refractivity contribution is -0.148. The molecule has 1 heterocycles. The number of amides is 2. The van der Waals surface area contributed by atoms with Gasteiger partial charge in [-0.1, -0.05) is 48.5 Å². The van der Waals surface area contributed by atoms with Gasteiger partial charge in [0.2, 0.25) is 11.8 Å². The molecule has 1 N–H and O–H groups in total. The van der Waals surface area contributed by atoms with Crippen LogP contribution in [0, 0.1) is 5.41 Å². The number of benzene rings is 2. The molecule has 1 aliphatic heterocycles. The van der Waals surface area contributed by atoms with E-state index in [1.165, 1.54) is 5.69 Å². The van der Waals surface area contributed by atoms with Crippen molar-refractivity contribution in [1.29, 1.82) is 0 Å². The van der Waals surface area contributed by atoms with Gasteiger partial charge in [-0.05, 0) is 31.5 Å². The van der Waals surface area contributed by atoms with E-state index in [9.17, 15) is 9.59 Å². The van der Waals surface area contributed by atoms with Crippen LogP contribution in [0.15, 0.2) is 60.7 Å². The molecule has 27 heavy (non-hydrogen) atoms. The number of rotatable bonds is 5. The van der Waals surface area contributed by atoms with Crippen LogP contribution < -0.4 is 10.2 Å². The van der Waals surface area contributed by atoms with Gasteiger partial charge < -0.3 is 15.1 Å². The van der Waals surface area contributed by atoms with Crippen molar-refractivity contribution in [2.24, 2.45) is 5.41 Å². The van der Waals surface area contributed by atoms with E-state index < -0.39 is 5.41 Å². The molecular formula is C22H27N3O2. The number of nitrogens with one attached hydrogen (secondary N) is 1. The van der Waals surface area contributed by atoms with Gasteiger partial charge in [-0.15, -0.1) is 0 Å². The molecule has 2 aromatic rings. The maximum atomic E-state index is 13.0. The van der Waals surface area contributed by atoms with Crippen molar-refractivity contribution in [3.63, 3.8) is 0 Å². The highest BCUT2D eigenvalue weighted by Crippen LogP contribution is 2.22. The van der Waals surface area contributed by atoms with Crippen molar-refractivity contribution >= 4 is 17.5 Å². The molecule has 2 amide bonds. The number of carbonyl (C=O) groups excluding carboxylic acids is 2. The highest BCUT2D eigenvalue weighted by atomic mass is 16.2. The summed E-state index contributed by atoms with van der Waals surface area (Å²) in [4.78, 5) is 29.7. The number of anilines is 1. The fourth-order valence-corrected chi connectivity index (χ4v) is 3.30. The Morgan fingerprint density at radius 3 is 2.04 bits per heavy atom. The monoisotopic (exact) mass is 365 g/mol. The Labute approximate surface area is 161 Å². The second kappa shape index (κ2) is 8.25. The number of hydrogen-bond acceptors (Lipinski definition) is 3. The van der Waals surface area contributed by atoms with Crippen molar-refractivity contribution in [3.05, 3.63) is 66.2 Å². The molecule has 1 saturated heterocycles. The molecule has 1 fully saturated rings. The van der Waals surface area contributed by atoms with Crippen molar-refractivity contribution in [3.8, 4) is 0 Å². The Morgan fingerprint density at radius 1 is 0.889 bits per heavy atom. The molecule has 0 atom stereocenters. The third-order valence-corrected chi connectivity index (χ3v) is 5.09. The number of piperazine rings is 1. The normalized spacial score (nSPS) is 14.7. The molecule has 2 aromatic carbocycles. The van der Waals surface area contributed by atoms with Crippen molar-refractivity contribution in [2.75, 3.05) is 31.1 Å². The number of nitrogens with zero attached hydrogens (tertiary/aromatic N) is 2. The summed E-state index contributed by atoms with van der Waals surface area (Å²) in [5.74, 6) is -0.345. The molecule has 0 radical (unpaired) electrons. The van der Waals surface area contributed by atoms with Gasteiger partial charge in [0, 0.05) is 38.4 Å². The first-order valence-electron chi connectivity index (χ1n) is 9.40. The fraction of sp³-hybridized carbons (Fsp3) is 0.364. The van der Waals surface area contributed by atoms with E-state index in [0.717, 1.165) is 18.7 Å². The Morgan fingerprint density at radius 2 is 1.44 bits per heavy atom. The van der Waals surface area contributed by atoms with Crippen LogP contribution in [0.1, 0.15) is 19.4 Å². The van der Waals surface area contributed by atoms with Gasteiger partial charge in [-0.3, -0.25) is 9.59 Å². The smallest absolute Gasteiger partial charge is 0.237 e. The van der Waals surface area contributed by atoms with Gasteiger partial charge in [0.25, 0.3) is 0 Å². The summed E-state index contributed by atoms with van der Waals surface area (Å²) in [5, 5.41) is 2.90. The Kier molecular flexibility index (Phi) is 5.79. The highest BCUT2D eigenvalue weighted by Gasteiger charge is 2.39. The Bertz CT molecular complexity index is 767. The van der Waals surface area contributed by atoms with Crippen LogP contribution in [0.2, 0.25) is 0 Å². The zero-order valence-corrected chi connectivity index (χ0v) is 16.0. The minimum absolute atomic E-state index is 0.110. The third kappa shape index (κ3) is 4.48. The summed E-state index contributed by atoms with van der Waals surface area (Å²) >= 11 is 0. The third-order valence-electron chi connectivity index (χ3n) is 5.09. The predicted molar refractivity (Wildman–Crippen MR) is 107 cm³/mol. The summed E-state index contributed by atoms with van der Waals surface area (Å²) in [6, 6.07) is 19.9. The van der Waals surface area contributed by atoms with E-state index in [0.29, 0.717) is 19.6 Å². The van der Waals surface area contributed by atoms with E-state index in [-0.39, 0.29) is 11.8 Å². The van der Waals surface area contributed by atoms with E-state index in [4.69, 9.17) is 0 Å². The van der Waals surface area contributed by atoms with Gasteiger partial charge in [0.05, 0.1) is 0 Å². The number of para-hydroxylation sites is 1. The van der Waals surface area contributed by atoms with Gasteiger partial charge in [0.15, 0.2) is 0 Å². The minimum atomic E-state index is -1.08. The van der Waals surface area contributed by atoms with Crippen molar-refractivity contribution in [2.45, 2.75) is 20.4 Å². The van der Waals surface area contributed by atoms with Gasteiger partial charge in [-0.2, -0.15) is 0 Å². The fourth-order valence-electron chi connectivity index (χ4n) is 3.30. The van der Waals surface area contributed by atoms with E-state index >= 15 is 0 Å². The summed E-state index contributed by atoms with van der Waals surface area (Å²) in [5.41, 5.74) is 1.11. The maximum absolute atomic E-state index is 13.0. The molecule has 0 spiro atoms. The molecule has 0 aliphatic carbocycles. The van der Waals surface area contributed by atoms with Crippen LogP contribution in [0.5, 0.6) is 0 Å². The first-order valence-corrected chi connectivity index (χ1v) is 9.40. The van der Waals surface area contributed by atoms with Crippen LogP contribution in [0.3, 0.4) is 0 Å². The van der Waals surface area contributed by atoms with Gasteiger partial charge in [-0.25, -0.2) is 0 Å². The number of hydrogen-bond donors (Lipinski definition) is 1. The molecule has 5 heteroatoms. The zero-order chi connectivity index (χ0) is 19.3. The van der Waals surface area contributed by atoms with Crippen LogP contribution in [-0.2, 0) is 16.1 Å². The molecule has 0 saturated carbocycles. The molecular weight excluding hydrogens is 338 g/mol. The Balaban J connectivity index is 1.55. The van der Waals surface area contributed by atoms with Gasteiger partial charge >= 0.3 is 0 Å². The lowest BCUT2D eigenvalue weighted by Crippen LogP contribution is -2.55. The van der Waals surface area contributed by atoms with Crippen LogP contribution in [-0.4, -0.2) is 42.9 Å². The van der Waals surface area contributed by atoms with Crippen LogP contribution in [0.25, 0.3) is 0 Å². The second-order valence-electron chi connectivity index (χ2n) is 7.41. The molecule has 0 bridgehead atoms. The molecule has 5 nitrogen and oxygen atoms in total. The molecule has 0 unspecified atom stereocenters. The molecule has 142 valence electrons.